The van der Waals surface area contributed by atoms with Gasteiger partial charge in [-0.3, -0.25) is 9.59 Å². The Bertz CT molecular complexity index is 1260. The van der Waals surface area contributed by atoms with Gasteiger partial charge in [-0.15, -0.1) is 11.6 Å². The molecule has 0 saturated heterocycles. The molecule has 1 aliphatic carbocycles. The van der Waals surface area contributed by atoms with Crippen LogP contribution in [0.15, 0.2) is 53.2 Å². The number of methoxy groups -OCH3 is 1. The van der Waals surface area contributed by atoms with E-state index in [9.17, 15) is 18.8 Å². The van der Waals surface area contributed by atoms with Crippen molar-refractivity contribution in [2.75, 3.05) is 7.11 Å². The number of halogens is 3. The fourth-order valence-corrected chi connectivity index (χ4v) is 4.43. The highest BCUT2D eigenvalue weighted by Gasteiger charge is 2.39. The smallest absolute Gasteiger partial charge is 0.394 e. The SMILES string of the molecule is COc1cc(F)cc(C(=O)c2cc(C)c(OC3C(Cl)=CC(NC(=O)C(=O)O)=CC3(C)Cl)c(C)c2)c1. The maximum Gasteiger partial charge on any atom is 0.394 e. The molecule has 0 fully saturated rings. The van der Waals surface area contributed by atoms with Gasteiger partial charge in [-0.2, -0.15) is 0 Å². The zero-order valence-electron chi connectivity index (χ0n) is 19.2. The minimum atomic E-state index is -1.65. The highest BCUT2D eigenvalue weighted by molar-refractivity contribution is 6.34. The predicted octanol–water partition coefficient (Wildman–Crippen LogP) is 4.65. The average Bonchev–Trinajstić information content (AvgIpc) is 2.75. The molecule has 2 N–H and O–H groups in total. The number of ketones is 1. The molecule has 2 aromatic carbocycles. The van der Waals surface area contributed by atoms with Gasteiger partial charge in [0.2, 0.25) is 0 Å². The summed E-state index contributed by atoms with van der Waals surface area (Å²) in [7, 11) is 1.39. The van der Waals surface area contributed by atoms with E-state index in [1.54, 1.807) is 32.9 Å². The van der Waals surface area contributed by atoms with Gasteiger partial charge in [0.05, 0.1) is 12.1 Å². The lowest BCUT2D eigenvalue weighted by Crippen LogP contribution is -2.42. The maximum atomic E-state index is 13.9. The number of rotatable bonds is 6. The molecule has 10 heteroatoms. The molecule has 0 bridgehead atoms. The van der Waals surface area contributed by atoms with Crippen LogP contribution in [-0.2, 0) is 9.59 Å². The number of hydrogen-bond donors (Lipinski definition) is 2. The summed E-state index contributed by atoms with van der Waals surface area (Å²) in [5.74, 6) is -3.19. The van der Waals surface area contributed by atoms with Crippen molar-refractivity contribution in [1.82, 2.24) is 5.32 Å². The van der Waals surface area contributed by atoms with E-state index >= 15 is 0 Å². The molecule has 0 spiro atoms. The Morgan fingerprint density at radius 1 is 1.09 bits per heavy atom. The number of alkyl halides is 1. The summed E-state index contributed by atoms with van der Waals surface area (Å²) in [4.78, 5) is 34.1. The number of amides is 1. The fraction of sp³-hybridized carbons (Fsp3) is 0.240. The standard InChI is InChI=1S/C25H22Cl2FNO6/c1-12-5-14(20(30)15-7-16(28)9-18(8-15)34-4)6-13(2)21(12)35-22-19(26)10-17(11-25(22,3)27)29-23(31)24(32)33/h5-11,22H,1-4H3,(H,29,31)(H,32,33). The van der Waals surface area contributed by atoms with Crippen LogP contribution in [0.2, 0.25) is 0 Å². The number of carboxylic acid groups (broad SMARTS) is 1. The van der Waals surface area contributed by atoms with Crippen LogP contribution in [-0.4, -0.2) is 40.9 Å². The molecule has 2 unspecified atom stereocenters. The van der Waals surface area contributed by atoms with Crippen LogP contribution in [0.4, 0.5) is 4.39 Å². The number of ether oxygens (including phenoxy) is 2. The summed E-state index contributed by atoms with van der Waals surface area (Å²) >= 11 is 13.0. The first kappa shape index (κ1) is 26.2. The molecule has 7 nitrogen and oxygen atoms in total. The number of carbonyl (C=O) groups excluding carboxylic acids is 2. The monoisotopic (exact) mass is 521 g/mol. The summed E-state index contributed by atoms with van der Waals surface area (Å²) in [5.41, 5.74) is 1.82. The Hall–Kier alpha value is -3.36. The Morgan fingerprint density at radius 2 is 1.69 bits per heavy atom. The number of hydrogen-bond acceptors (Lipinski definition) is 5. The van der Waals surface area contributed by atoms with Gasteiger partial charge in [-0.1, -0.05) is 11.6 Å². The van der Waals surface area contributed by atoms with Crippen molar-refractivity contribution in [2.24, 2.45) is 0 Å². The van der Waals surface area contributed by atoms with E-state index in [1.807, 2.05) is 0 Å². The van der Waals surface area contributed by atoms with E-state index < -0.39 is 28.7 Å². The number of nitrogens with one attached hydrogen (secondary N) is 1. The highest BCUT2D eigenvalue weighted by atomic mass is 35.5. The van der Waals surface area contributed by atoms with Gasteiger partial charge in [0.1, 0.15) is 22.2 Å². The Balaban J connectivity index is 1.88. The number of carboxylic acids is 1. The Morgan fingerprint density at radius 3 is 2.23 bits per heavy atom. The topological polar surface area (TPSA) is 102 Å². The first-order valence-electron chi connectivity index (χ1n) is 10.3. The van der Waals surface area contributed by atoms with Gasteiger partial charge >= 0.3 is 11.9 Å². The van der Waals surface area contributed by atoms with Crippen molar-refractivity contribution in [3.63, 3.8) is 0 Å². The third-order valence-electron chi connectivity index (χ3n) is 5.27. The van der Waals surface area contributed by atoms with Crippen LogP contribution < -0.4 is 14.8 Å². The maximum absolute atomic E-state index is 13.9. The predicted molar refractivity (Wildman–Crippen MR) is 129 cm³/mol. The molecule has 3 rings (SSSR count). The quantitative estimate of drug-likeness (QED) is 0.326. The average molecular weight is 522 g/mol. The lowest BCUT2D eigenvalue weighted by Gasteiger charge is -2.34. The normalized spacial score (nSPS) is 19.3. The van der Waals surface area contributed by atoms with E-state index in [2.05, 4.69) is 5.32 Å². The molecule has 0 heterocycles. The van der Waals surface area contributed by atoms with Gasteiger partial charge in [-0.05, 0) is 68.3 Å². The largest absolute Gasteiger partial charge is 0.497 e. The molecule has 1 amide bonds. The minimum absolute atomic E-state index is 0.125. The van der Waals surface area contributed by atoms with Crippen molar-refractivity contribution in [2.45, 2.75) is 31.7 Å². The highest BCUT2D eigenvalue weighted by Crippen LogP contribution is 2.38. The number of aliphatic carboxylic acids is 1. The lowest BCUT2D eigenvalue weighted by atomic mass is 9.95. The summed E-state index contributed by atoms with van der Waals surface area (Å²) in [6.45, 7) is 5.08. The van der Waals surface area contributed by atoms with Crippen LogP contribution in [0.25, 0.3) is 0 Å². The fourth-order valence-electron chi connectivity index (χ4n) is 3.71. The summed E-state index contributed by atoms with van der Waals surface area (Å²) < 4.78 is 25.1. The molecule has 2 aromatic rings. The van der Waals surface area contributed by atoms with E-state index in [0.717, 1.165) is 6.07 Å². The molecule has 0 aliphatic heterocycles. The summed E-state index contributed by atoms with van der Waals surface area (Å²) in [6.07, 6.45) is 1.92. The minimum Gasteiger partial charge on any atom is -0.497 e. The van der Waals surface area contributed by atoms with Crippen molar-refractivity contribution in [3.05, 3.63) is 81.3 Å². The van der Waals surface area contributed by atoms with Crippen LogP contribution in [0.5, 0.6) is 11.5 Å². The third-order valence-corrected chi connectivity index (χ3v) is 5.89. The second kappa shape index (κ2) is 10.1. The van der Waals surface area contributed by atoms with Gasteiger partial charge in [0, 0.05) is 22.9 Å². The van der Waals surface area contributed by atoms with Gasteiger partial charge in [0.25, 0.3) is 0 Å². The number of allylic oxidation sites excluding steroid dienone is 1. The summed E-state index contributed by atoms with van der Waals surface area (Å²) in [6, 6.07) is 7.00. The van der Waals surface area contributed by atoms with Gasteiger partial charge < -0.3 is 19.9 Å². The van der Waals surface area contributed by atoms with Crippen LogP contribution in [0.1, 0.15) is 34.0 Å². The first-order valence-corrected chi connectivity index (χ1v) is 11.1. The number of carbonyl (C=O) groups is 3. The molecule has 0 saturated carbocycles. The molecular formula is C25H22Cl2FNO6. The third kappa shape index (κ3) is 5.83. The van der Waals surface area contributed by atoms with Gasteiger partial charge in [-0.25, -0.2) is 9.18 Å². The Labute approximate surface area is 211 Å². The summed E-state index contributed by atoms with van der Waals surface area (Å²) in [5, 5.41) is 11.1. The van der Waals surface area contributed by atoms with Gasteiger partial charge in [0.15, 0.2) is 11.9 Å². The zero-order valence-corrected chi connectivity index (χ0v) is 20.8. The number of aryl methyl sites for hydroxylation is 2. The molecule has 184 valence electrons. The molecular weight excluding hydrogens is 500 g/mol. The van der Waals surface area contributed by atoms with Crippen molar-refractivity contribution < 1.29 is 33.4 Å². The van der Waals surface area contributed by atoms with E-state index in [1.165, 1.54) is 31.4 Å². The zero-order chi connectivity index (χ0) is 26.1. The second-order valence-electron chi connectivity index (χ2n) is 8.19. The van der Waals surface area contributed by atoms with E-state index in [-0.39, 0.29) is 27.8 Å². The van der Waals surface area contributed by atoms with Crippen molar-refractivity contribution in [3.8, 4) is 11.5 Å². The van der Waals surface area contributed by atoms with E-state index in [4.69, 9.17) is 37.8 Å². The molecule has 0 aromatic heterocycles. The molecule has 1 aliphatic rings. The van der Waals surface area contributed by atoms with Crippen LogP contribution in [0, 0.1) is 19.7 Å². The van der Waals surface area contributed by atoms with Crippen molar-refractivity contribution in [1.29, 1.82) is 0 Å². The van der Waals surface area contributed by atoms with Crippen LogP contribution in [0.3, 0.4) is 0 Å². The second-order valence-corrected chi connectivity index (χ2v) is 9.44. The lowest BCUT2D eigenvalue weighted by molar-refractivity contribution is -0.149. The Kier molecular flexibility index (Phi) is 7.57. The molecule has 35 heavy (non-hydrogen) atoms. The number of benzene rings is 2. The van der Waals surface area contributed by atoms with E-state index in [0.29, 0.717) is 22.4 Å². The van der Waals surface area contributed by atoms with Crippen LogP contribution >= 0.6 is 23.2 Å². The first-order chi connectivity index (χ1) is 16.3. The molecule has 0 radical (unpaired) electrons. The molecule has 2 atom stereocenters. The van der Waals surface area contributed by atoms with Crippen molar-refractivity contribution >= 4 is 40.9 Å².